The third kappa shape index (κ3) is 3.58. The Morgan fingerprint density at radius 2 is 2.21 bits per heavy atom. The maximum Gasteiger partial charge on any atom is 0.0964 e. The molecular weight excluding hydrogens is 256 g/mol. The number of H-pyrrole nitrogens is 1. The number of hydrogen-bond donors (Lipinski definition) is 1. The molecule has 1 aromatic heterocycles. The van der Waals surface area contributed by atoms with Gasteiger partial charge in [0.25, 0.3) is 0 Å². The van der Waals surface area contributed by atoms with Crippen molar-refractivity contribution >= 4 is 11.8 Å². The molecule has 1 saturated heterocycles. The zero-order chi connectivity index (χ0) is 12.9. The van der Waals surface area contributed by atoms with Gasteiger partial charge >= 0.3 is 0 Å². The van der Waals surface area contributed by atoms with Gasteiger partial charge in [-0.05, 0) is 31.0 Å². The largest absolute Gasteiger partial charge is 0.297 e. The lowest BCUT2D eigenvalue weighted by Gasteiger charge is -2.14. The van der Waals surface area contributed by atoms with Gasteiger partial charge in [-0.2, -0.15) is 15.4 Å². The van der Waals surface area contributed by atoms with Crippen molar-refractivity contribution in [3.8, 4) is 0 Å². The predicted octanol–water partition coefficient (Wildman–Crippen LogP) is 2.42. The summed E-state index contributed by atoms with van der Waals surface area (Å²) in [7, 11) is 0. The van der Waals surface area contributed by atoms with Crippen LogP contribution in [0.4, 0.5) is 0 Å². The number of nitrogens with one attached hydrogen (secondary N) is 1. The highest BCUT2D eigenvalue weighted by Crippen LogP contribution is 2.26. The average molecular weight is 274 g/mol. The molecule has 2 aromatic rings. The SMILES string of the molecule is c1ccc(SCC2CCN(Cc3cn[nH]n3)C2)cc1. The molecule has 1 aliphatic heterocycles. The van der Waals surface area contributed by atoms with Gasteiger partial charge in [0.1, 0.15) is 0 Å². The van der Waals surface area contributed by atoms with Crippen LogP contribution in [0.3, 0.4) is 0 Å². The van der Waals surface area contributed by atoms with Crippen LogP contribution in [0.15, 0.2) is 41.4 Å². The Balaban J connectivity index is 1.44. The number of hydrogen-bond acceptors (Lipinski definition) is 4. The van der Waals surface area contributed by atoms with Gasteiger partial charge in [0.2, 0.25) is 0 Å². The third-order valence-corrected chi connectivity index (χ3v) is 4.69. The van der Waals surface area contributed by atoms with Gasteiger partial charge in [0.05, 0.1) is 11.9 Å². The highest BCUT2D eigenvalue weighted by molar-refractivity contribution is 7.99. The number of rotatable bonds is 5. The van der Waals surface area contributed by atoms with E-state index in [0.717, 1.165) is 18.2 Å². The molecule has 1 atom stereocenters. The molecule has 1 fully saturated rings. The van der Waals surface area contributed by atoms with E-state index in [1.54, 1.807) is 0 Å². The lowest BCUT2D eigenvalue weighted by Crippen LogP contribution is -2.20. The van der Waals surface area contributed by atoms with Crippen LogP contribution < -0.4 is 0 Å². The molecule has 4 nitrogen and oxygen atoms in total. The summed E-state index contributed by atoms with van der Waals surface area (Å²) in [5.74, 6) is 2.00. The standard InChI is InChI=1S/C14H18N4S/c1-2-4-14(5-3-1)19-11-12-6-7-18(9-12)10-13-8-15-17-16-13/h1-5,8,12H,6-7,9-11H2,(H,15,16,17). The van der Waals surface area contributed by atoms with E-state index in [1.807, 2.05) is 18.0 Å². The normalized spacial score (nSPS) is 19.9. The summed E-state index contributed by atoms with van der Waals surface area (Å²) >= 11 is 1.97. The maximum atomic E-state index is 4.12. The predicted molar refractivity (Wildman–Crippen MR) is 76.9 cm³/mol. The Labute approximate surface area is 117 Å². The lowest BCUT2D eigenvalue weighted by atomic mass is 10.2. The second kappa shape index (κ2) is 6.21. The van der Waals surface area contributed by atoms with Crippen LogP contribution in [0.1, 0.15) is 12.1 Å². The molecular formula is C14H18N4S. The van der Waals surface area contributed by atoms with Crippen molar-refractivity contribution in [2.24, 2.45) is 5.92 Å². The van der Waals surface area contributed by atoms with Crippen molar-refractivity contribution in [2.45, 2.75) is 17.9 Å². The molecule has 0 radical (unpaired) electrons. The van der Waals surface area contributed by atoms with Crippen molar-refractivity contribution in [3.05, 3.63) is 42.2 Å². The van der Waals surface area contributed by atoms with E-state index < -0.39 is 0 Å². The van der Waals surface area contributed by atoms with Crippen LogP contribution in [0.2, 0.25) is 0 Å². The fourth-order valence-electron chi connectivity index (χ4n) is 2.45. The van der Waals surface area contributed by atoms with Gasteiger partial charge < -0.3 is 0 Å². The summed E-state index contributed by atoms with van der Waals surface area (Å²) in [6.07, 6.45) is 3.10. The van der Waals surface area contributed by atoms with Gasteiger partial charge in [0.15, 0.2) is 0 Å². The Hall–Kier alpha value is -1.33. The van der Waals surface area contributed by atoms with Crippen LogP contribution in [0, 0.1) is 5.92 Å². The molecule has 5 heteroatoms. The van der Waals surface area contributed by atoms with E-state index in [2.05, 4.69) is 50.6 Å². The number of aromatic amines is 1. The van der Waals surface area contributed by atoms with Gasteiger partial charge in [-0.3, -0.25) is 4.90 Å². The van der Waals surface area contributed by atoms with Gasteiger partial charge in [0, 0.05) is 23.7 Å². The number of nitrogens with zero attached hydrogens (tertiary/aromatic N) is 3. The average Bonchev–Trinajstić information content (AvgIpc) is 3.10. The minimum atomic E-state index is 0.789. The van der Waals surface area contributed by atoms with Gasteiger partial charge in [-0.15, -0.1) is 11.8 Å². The molecule has 0 aliphatic carbocycles. The van der Waals surface area contributed by atoms with Crippen LogP contribution in [0.25, 0.3) is 0 Å². The van der Waals surface area contributed by atoms with Crippen molar-refractivity contribution in [3.63, 3.8) is 0 Å². The van der Waals surface area contributed by atoms with Crippen LogP contribution >= 0.6 is 11.8 Å². The first-order valence-corrected chi connectivity index (χ1v) is 7.63. The highest BCUT2D eigenvalue weighted by atomic mass is 32.2. The van der Waals surface area contributed by atoms with E-state index in [4.69, 9.17) is 0 Å². The zero-order valence-electron chi connectivity index (χ0n) is 10.8. The van der Waals surface area contributed by atoms with Crippen LogP contribution in [-0.2, 0) is 6.54 Å². The molecule has 1 aliphatic rings. The Kier molecular flexibility index (Phi) is 4.15. The summed E-state index contributed by atoms with van der Waals surface area (Å²) in [5, 5.41) is 10.6. The van der Waals surface area contributed by atoms with Gasteiger partial charge in [-0.25, -0.2) is 0 Å². The van der Waals surface area contributed by atoms with Crippen LogP contribution in [0.5, 0.6) is 0 Å². The summed E-state index contributed by atoms with van der Waals surface area (Å²) < 4.78 is 0. The molecule has 19 heavy (non-hydrogen) atoms. The number of aromatic nitrogens is 3. The Bertz CT molecular complexity index is 485. The minimum absolute atomic E-state index is 0.789. The Morgan fingerprint density at radius 3 is 3.00 bits per heavy atom. The van der Waals surface area contributed by atoms with Gasteiger partial charge in [-0.1, -0.05) is 18.2 Å². The second-order valence-corrected chi connectivity index (χ2v) is 6.07. The summed E-state index contributed by atoms with van der Waals surface area (Å²) in [5.41, 5.74) is 1.04. The molecule has 1 aromatic carbocycles. The first-order valence-electron chi connectivity index (χ1n) is 6.65. The first kappa shape index (κ1) is 12.7. The van der Waals surface area contributed by atoms with E-state index in [9.17, 15) is 0 Å². The first-order chi connectivity index (χ1) is 9.40. The number of thioether (sulfide) groups is 1. The van der Waals surface area contributed by atoms with E-state index in [-0.39, 0.29) is 0 Å². The summed E-state index contributed by atoms with van der Waals surface area (Å²) in [6.45, 7) is 3.27. The summed E-state index contributed by atoms with van der Waals surface area (Å²) in [4.78, 5) is 3.84. The molecule has 1 unspecified atom stereocenters. The molecule has 0 bridgehead atoms. The summed E-state index contributed by atoms with van der Waals surface area (Å²) in [6, 6.07) is 10.7. The number of likely N-dealkylation sites (tertiary alicyclic amines) is 1. The van der Waals surface area contributed by atoms with Crippen molar-refractivity contribution < 1.29 is 0 Å². The Morgan fingerprint density at radius 1 is 1.32 bits per heavy atom. The lowest BCUT2D eigenvalue weighted by molar-refractivity contribution is 0.317. The minimum Gasteiger partial charge on any atom is -0.297 e. The monoisotopic (exact) mass is 274 g/mol. The smallest absolute Gasteiger partial charge is 0.0964 e. The highest BCUT2D eigenvalue weighted by Gasteiger charge is 2.22. The molecule has 0 saturated carbocycles. The molecule has 100 valence electrons. The molecule has 0 amide bonds. The van der Waals surface area contributed by atoms with Crippen molar-refractivity contribution in [2.75, 3.05) is 18.8 Å². The number of benzene rings is 1. The van der Waals surface area contributed by atoms with E-state index in [1.165, 1.54) is 30.2 Å². The topological polar surface area (TPSA) is 44.8 Å². The third-order valence-electron chi connectivity index (χ3n) is 3.45. The maximum absolute atomic E-state index is 4.12. The zero-order valence-corrected chi connectivity index (χ0v) is 11.6. The van der Waals surface area contributed by atoms with E-state index in [0.29, 0.717) is 0 Å². The molecule has 3 rings (SSSR count). The van der Waals surface area contributed by atoms with Crippen molar-refractivity contribution in [1.82, 2.24) is 20.3 Å². The molecule has 2 heterocycles. The van der Waals surface area contributed by atoms with E-state index >= 15 is 0 Å². The molecule has 0 spiro atoms. The van der Waals surface area contributed by atoms with Crippen molar-refractivity contribution in [1.29, 1.82) is 0 Å². The molecule has 1 N–H and O–H groups in total. The second-order valence-electron chi connectivity index (χ2n) is 4.98. The van der Waals surface area contributed by atoms with Crippen LogP contribution in [-0.4, -0.2) is 39.2 Å². The fourth-order valence-corrected chi connectivity index (χ4v) is 3.50. The quantitative estimate of drug-likeness (QED) is 0.851. The fraction of sp³-hybridized carbons (Fsp3) is 0.429.